The molecule has 16 aromatic rings. The number of benzene rings is 11. The first kappa shape index (κ1) is 42.3. The molecule has 5 aromatic heterocycles. The molecule has 0 amide bonds. The van der Waals surface area contributed by atoms with E-state index in [2.05, 4.69) is 291 Å². The minimum absolute atomic E-state index is 0.812. The third-order valence-electron chi connectivity index (χ3n) is 15.8. The van der Waals surface area contributed by atoms with Crippen molar-refractivity contribution < 1.29 is 0 Å². The summed E-state index contributed by atoms with van der Waals surface area (Å²) in [7, 11) is 0. The Labute approximate surface area is 437 Å². The fourth-order valence-electron chi connectivity index (χ4n) is 12.7. The number of nitrogens with zero attached hydrogens (tertiary/aromatic N) is 5. The predicted molar refractivity (Wildman–Crippen MR) is 318 cm³/mol. The number of hydrogen-bond donors (Lipinski definition) is 0. The van der Waals surface area contributed by atoms with Gasteiger partial charge < -0.3 is 9.13 Å². The number of rotatable bonds is 7. The third kappa shape index (κ3) is 6.05. The van der Waals surface area contributed by atoms with Crippen molar-refractivity contribution in [2.75, 3.05) is 0 Å². The molecule has 11 aromatic carbocycles. The summed E-state index contributed by atoms with van der Waals surface area (Å²) in [4.78, 5) is 6.43. The first-order valence-electron chi connectivity index (χ1n) is 26.1. The maximum atomic E-state index is 6.43. The van der Waals surface area contributed by atoms with Crippen LogP contribution in [0.4, 0.5) is 0 Å². The van der Waals surface area contributed by atoms with E-state index in [1.54, 1.807) is 0 Å². The van der Waals surface area contributed by atoms with Crippen LogP contribution in [0, 0.1) is 0 Å². The molecule has 0 fully saturated rings. The van der Waals surface area contributed by atoms with E-state index in [1.807, 2.05) is 0 Å². The average Bonchev–Trinajstić information content (AvgIpc) is 4.31. The van der Waals surface area contributed by atoms with Gasteiger partial charge in [0.1, 0.15) is 11.4 Å². The van der Waals surface area contributed by atoms with Gasteiger partial charge in [-0.3, -0.25) is 9.13 Å². The Morgan fingerprint density at radius 1 is 0.211 bits per heavy atom. The van der Waals surface area contributed by atoms with Crippen molar-refractivity contribution in [1.29, 1.82) is 0 Å². The van der Waals surface area contributed by atoms with Crippen LogP contribution in [-0.4, -0.2) is 23.3 Å². The van der Waals surface area contributed by atoms with Crippen LogP contribution in [0.3, 0.4) is 0 Å². The molecule has 0 aliphatic rings. The van der Waals surface area contributed by atoms with Gasteiger partial charge in [-0.2, -0.15) is 0 Å². The summed E-state index contributed by atoms with van der Waals surface area (Å²) in [6, 6.07) is 99.6. The van der Waals surface area contributed by atoms with Crippen molar-refractivity contribution in [3.63, 3.8) is 0 Å². The van der Waals surface area contributed by atoms with Gasteiger partial charge in [-0.15, -0.1) is 0 Å². The minimum atomic E-state index is 0.812. The number of hydrogen-bond acceptors (Lipinski definition) is 1. The van der Waals surface area contributed by atoms with Gasteiger partial charge in [0.15, 0.2) is 11.6 Å². The van der Waals surface area contributed by atoms with Crippen molar-refractivity contribution in [3.8, 4) is 56.4 Å². The van der Waals surface area contributed by atoms with Crippen molar-refractivity contribution >= 4 is 87.2 Å². The summed E-state index contributed by atoms with van der Waals surface area (Å²) >= 11 is 0. The maximum Gasteiger partial charge on any atom is 0.165 e. The minimum Gasteiger partial charge on any atom is -0.305 e. The van der Waals surface area contributed by atoms with Crippen molar-refractivity contribution in [1.82, 2.24) is 23.3 Å². The van der Waals surface area contributed by atoms with Crippen LogP contribution >= 0.6 is 0 Å². The zero-order valence-electron chi connectivity index (χ0n) is 41.2. The van der Waals surface area contributed by atoms with E-state index in [0.717, 1.165) is 100 Å². The number of pyridine rings is 1. The van der Waals surface area contributed by atoms with Crippen molar-refractivity contribution in [2.24, 2.45) is 0 Å². The van der Waals surface area contributed by atoms with Crippen LogP contribution in [0.5, 0.6) is 0 Å². The van der Waals surface area contributed by atoms with Gasteiger partial charge in [-0.1, -0.05) is 224 Å². The highest BCUT2D eigenvalue weighted by Gasteiger charge is 2.33. The van der Waals surface area contributed by atoms with Gasteiger partial charge >= 0.3 is 0 Å². The lowest BCUT2D eigenvalue weighted by atomic mass is 9.95. The smallest absolute Gasteiger partial charge is 0.165 e. The second kappa shape index (κ2) is 16.7. The quantitative estimate of drug-likeness (QED) is 0.157. The summed E-state index contributed by atoms with van der Waals surface area (Å²) in [5.41, 5.74) is 17.4. The number of aromatic nitrogens is 5. The highest BCUT2D eigenvalue weighted by Crippen LogP contribution is 2.50. The molecule has 0 aliphatic carbocycles. The molecule has 0 bridgehead atoms. The predicted octanol–water partition coefficient (Wildman–Crippen LogP) is 18.5. The van der Waals surface area contributed by atoms with E-state index in [-0.39, 0.29) is 0 Å². The van der Waals surface area contributed by atoms with E-state index < -0.39 is 0 Å². The molecule has 0 aliphatic heterocycles. The molecule has 5 nitrogen and oxygen atoms in total. The summed E-state index contributed by atoms with van der Waals surface area (Å²) in [5.74, 6) is 1.63. The largest absolute Gasteiger partial charge is 0.305 e. The van der Waals surface area contributed by atoms with Crippen molar-refractivity contribution in [3.05, 3.63) is 273 Å². The van der Waals surface area contributed by atoms with Gasteiger partial charge in [0.2, 0.25) is 0 Å². The van der Waals surface area contributed by atoms with Gasteiger partial charge in [0.05, 0.1) is 44.1 Å². The highest BCUT2D eigenvalue weighted by molar-refractivity contribution is 6.22. The topological polar surface area (TPSA) is 32.6 Å². The van der Waals surface area contributed by atoms with Crippen LogP contribution in [0.15, 0.2) is 273 Å². The zero-order chi connectivity index (χ0) is 49.8. The van der Waals surface area contributed by atoms with Crippen LogP contribution in [0.2, 0.25) is 0 Å². The lowest BCUT2D eigenvalue weighted by Crippen LogP contribution is -2.16. The molecule has 0 unspecified atom stereocenters. The summed E-state index contributed by atoms with van der Waals surface area (Å²) in [6.07, 6.45) is 0. The molecule has 0 atom stereocenters. The molecular formula is C71H45N5. The Morgan fingerprint density at radius 2 is 0.474 bits per heavy atom. The molecule has 0 saturated carbocycles. The molecule has 0 spiro atoms. The standard InChI is InChI=1S/C71H45N5/c1-4-24-46(25-5-1)49-36-22-44-63-66(49)67-50(47-26-6-2-7-27-47)37-23-45-64(67)74(63)69-65(48-28-8-3-9-29-48)68(73-57-38-16-10-30-51(57)52-31-11-17-39-58(52)73)70(75-59-40-18-12-32-53(59)54-33-13-19-41-60(54)75)72-71(69)76-61-42-20-14-34-55(61)56-35-15-21-43-62(56)76/h1-45H. The van der Waals surface area contributed by atoms with Gasteiger partial charge in [-0.05, 0) is 76.3 Å². The molecule has 0 N–H and O–H groups in total. The summed E-state index contributed by atoms with van der Waals surface area (Å²) in [6.45, 7) is 0. The second-order valence-corrected chi connectivity index (χ2v) is 19.8. The molecular weight excluding hydrogens is 923 g/mol. The Kier molecular flexibility index (Phi) is 9.27. The van der Waals surface area contributed by atoms with Crippen LogP contribution in [0.25, 0.3) is 144 Å². The SMILES string of the molecule is c1ccc(-c2c(-n3c4ccccc4c4ccccc43)c(-n3c4ccccc4c4ccccc43)nc(-n3c4ccccc4c4ccccc43)c2-n2c3cccc(-c4ccccc4)c3c3c(-c4ccccc4)cccc32)cc1. The molecule has 76 heavy (non-hydrogen) atoms. The Hall–Kier alpha value is -10.2. The molecule has 354 valence electrons. The third-order valence-corrected chi connectivity index (χ3v) is 15.8. The summed E-state index contributed by atoms with van der Waals surface area (Å²) < 4.78 is 9.95. The van der Waals surface area contributed by atoms with E-state index in [1.165, 1.54) is 43.4 Å². The van der Waals surface area contributed by atoms with Crippen LogP contribution in [-0.2, 0) is 0 Å². The fraction of sp³-hybridized carbons (Fsp3) is 0. The van der Waals surface area contributed by atoms with E-state index >= 15 is 0 Å². The number of para-hydroxylation sites is 6. The lowest BCUT2D eigenvalue weighted by molar-refractivity contribution is 0.961. The van der Waals surface area contributed by atoms with Gasteiger partial charge in [0, 0.05) is 48.7 Å². The van der Waals surface area contributed by atoms with Crippen molar-refractivity contribution in [2.45, 2.75) is 0 Å². The van der Waals surface area contributed by atoms with Gasteiger partial charge in [0.25, 0.3) is 0 Å². The highest BCUT2D eigenvalue weighted by atomic mass is 15.2. The molecule has 5 heterocycles. The van der Waals surface area contributed by atoms with Crippen LogP contribution < -0.4 is 0 Å². The maximum absolute atomic E-state index is 6.43. The first-order chi connectivity index (χ1) is 37.8. The molecule has 0 radical (unpaired) electrons. The zero-order valence-corrected chi connectivity index (χ0v) is 41.2. The molecule has 0 saturated heterocycles. The monoisotopic (exact) mass is 967 g/mol. The van der Waals surface area contributed by atoms with E-state index in [9.17, 15) is 0 Å². The average molecular weight is 968 g/mol. The van der Waals surface area contributed by atoms with E-state index in [4.69, 9.17) is 4.98 Å². The Morgan fingerprint density at radius 3 is 0.816 bits per heavy atom. The molecule has 5 heteroatoms. The lowest BCUT2D eigenvalue weighted by Gasteiger charge is -2.27. The van der Waals surface area contributed by atoms with Crippen LogP contribution in [0.1, 0.15) is 0 Å². The molecule has 16 rings (SSSR count). The summed E-state index contributed by atoms with van der Waals surface area (Å²) in [5, 5.41) is 9.38. The first-order valence-corrected chi connectivity index (χ1v) is 26.1. The van der Waals surface area contributed by atoms with E-state index in [0.29, 0.717) is 0 Å². The Balaban J connectivity index is 1.23. The second-order valence-electron chi connectivity index (χ2n) is 19.8. The number of fused-ring (bicyclic) bond motifs is 12. The fourth-order valence-corrected chi connectivity index (χ4v) is 12.7. The van der Waals surface area contributed by atoms with Gasteiger partial charge in [-0.25, -0.2) is 4.98 Å². The Bertz CT molecular complexity index is 4720. The normalized spacial score (nSPS) is 11.9.